The van der Waals surface area contributed by atoms with Crippen LogP contribution in [0.5, 0.6) is 0 Å². The molecular weight excluding hydrogens is 234 g/mol. The van der Waals surface area contributed by atoms with E-state index in [-0.39, 0.29) is 6.04 Å². The summed E-state index contributed by atoms with van der Waals surface area (Å²) in [6.07, 6.45) is 4.78. The lowest BCUT2D eigenvalue weighted by atomic mass is 9.89. The van der Waals surface area contributed by atoms with Crippen molar-refractivity contribution in [2.75, 3.05) is 5.73 Å². The third kappa shape index (κ3) is 2.34. The Kier molecular flexibility index (Phi) is 3.22. The van der Waals surface area contributed by atoms with Crippen molar-refractivity contribution in [3.63, 3.8) is 0 Å². The van der Waals surface area contributed by atoms with Gasteiger partial charge in [-0.2, -0.15) is 0 Å². The Balaban J connectivity index is 1.79. The fourth-order valence-corrected chi connectivity index (χ4v) is 3.05. The highest BCUT2D eigenvalue weighted by molar-refractivity contribution is 5.41. The van der Waals surface area contributed by atoms with Crippen LogP contribution < -0.4 is 11.5 Å². The molecule has 4 N–H and O–H groups in total. The van der Waals surface area contributed by atoms with E-state index < -0.39 is 0 Å². The van der Waals surface area contributed by atoms with Gasteiger partial charge in [0.1, 0.15) is 5.82 Å². The molecule has 3 rings (SSSR count). The normalized spacial score (nSPS) is 19.1. The smallest absolute Gasteiger partial charge is 0.126 e. The number of pyridine rings is 1. The van der Waals surface area contributed by atoms with E-state index in [9.17, 15) is 0 Å². The minimum absolute atomic E-state index is 0.107. The zero-order valence-electron chi connectivity index (χ0n) is 10.9. The maximum absolute atomic E-state index is 6.41. The molecule has 1 heterocycles. The van der Waals surface area contributed by atoms with Crippen LogP contribution in [-0.2, 0) is 12.8 Å². The number of aromatic nitrogens is 1. The number of nitrogens with two attached hydrogens (primary N) is 2. The van der Waals surface area contributed by atoms with Gasteiger partial charge in [0, 0.05) is 12.2 Å². The van der Waals surface area contributed by atoms with E-state index in [4.69, 9.17) is 11.5 Å². The second kappa shape index (κ2) is 5.02. The van der Waals surface area contributed by atoms with Crippen LogP contribution in [0.15, 0.2) is 42.6 Å². The molecule has 2 atom stereocenters. The Labute approximate surface area is 113 Å². The summed E-state index contributed by atoms with van der Waals surface area (Å²) in [7, 11) is 0. The van der Waals surface area contributed by atoms with Gasteiger partial charge >= 0.3 is 0 Å². The van der Waals surface area contributed by atoms with Gasteiger partial charge in [-0.3, -0.25) is 0 Å². The topological polar surface area (TPSA) is 64.9 Å². The van der Waals surface area contributed by atoms with Crippen molar-refractivity contribution in [1.82, 2.24) is 4.98 Å². The van der Waals surface area contributed by atoms with Gasteiger partial charge in [0.05, 0.1) is 0 Å². The van der Waals surface area contributed by atoms with Gasteiger partial charge in [-0.25, -0.2) is 4.98 Å². The molecule has 0 radical (unpaired) electrons. The fraction of sp³-hybridized carbons (Fsp3) is 0.312. The van der Waals surface area contributed by atoms with Gasteiger partial charge in [-0.1, -0.05) is 30.3 Å². The van der Waals surface area contributed by atoms with E-state index in [1.54, 1.807) is 6.20 Å². The van der Waals surface area contributed by atoms with Crippen molar-refractivity contribution in [3.8, 4) is 0 Å². The molecule has 1 aliphatic rings. The molecule has 2 unspecified atom stereocenters. The first-order valence-electron chi connectivity index (χ1n) is 6.78. The molecule has 1 aliphatic carbocycles. The second-order valence-corrected chi connectivity index (χ2v) is 5.26. The quantitative estimate of drug-likeness (QED) is 0.882. The highest BCUT2D eigenvalue weighted by Gasteiger charge is 2.27. The predicted octanol–water partition coefficient (Wildman–Crippen LogP) is 2.26. The lowest BCUT2D eigenvalue weighted by Crippen LogP contribution is -2.30. The Morgan fingerprint density at radius 3 is 2.89 bits per heavy atom. The first kappa shape index (κ1) is 12.2. The van der Waals surface area contributed by atoms with Crippen LogP contribution in [0.3, 0.4) is 0 Å². The van der Waals surface area contributed by atoms with Crippen molar-refractivity contribution in [2.24, 2.45) is 5.73 Å². The van der Waals surface area contributed by atoms with E-state index in [0.29, 0.717) is 11.7 Å². The standard InChI is InChI=1S/C16H19N3/c17-15(10-12-5-3-9-19-16(12)18)14-8-7-11-4-1-2-6-13(11)14/h1-6,9,14-15H,7-8,10,17H2,(H2,18,19). The molecule has 2 aromatic rings. The van der Waals surface area contributed by atoms with E-state index in [2.05, 4.69) is 29.2 Å². The number of nitrogens with zero attached hydrogens (tertiary/aromatic N) is 1. The van der Waals surface area contributed by atoms with Gasteiger partial charge in [0.2, 0.25) is 0 Å². The zero-order chi connectivity index (χ0) is 13.2. The Hall–Kier alpha value is -1.87. The summed E-state index contributed by atoms with van der Waals surface area (Å²) < 4.78 is 0. The Morgan fingerprint density at radius 2 is 2.05 bits per heavy atom. The highest BCUT2D eigenvalue weighted by atomic mass is 14.8. The SMILES string of the molecule is Nc1ncccc1CC(N)C1CCc2ccccc21. The van der Waals surface area contributed by atoms with Crippen LogP contribution in [0.1, 0.15) is 29.0 Å². The van der Waals surface area contributed by atoms with E-state index >= 15 is 0 Å². The van der Waals surface area contributed by atoms with Gasteiger partial charge in [-0.05, 0) is 47.9 Å². The summed E-state index contributed by atoms with van der Waals surface area (Å²) in [5.74, 6) is 1.04. The van der Waals surface area contributed by atoms with E-state index in [1.807, 2.05) is 12.1 Å². The van der Waals surface area contributed by atoms with Crippen molar-refractivity contribution >= 4 is 5.82 Å². The van der Waals surface area contributed by atoms with Crippen LogP contribution in [-0.4, -0.2) is 11.0 Å². The van der Waals surface area contributed by atoms with Gasteiger partial charge in [0.25, 0.3) is 0 Å². The number of aryl methyl sites for hydroxylation is 1. The molecule has 0 saturated carbocycles. The number of rotatable bonds is 3. The lowest BCUT2D eigenvalue weighted by Gasteiger charge is -2.20. The molecule has 0 fully saturated rings. The van der Waals surface area contributed by atoms with Crippen LogP contribution in [0.4, 0.5) is 5.82 Å². The largest absolute Gasteiger partial charge is 0.383 e. The van der Waals surface area contributed by atoms with Crippen molar-refractivity contribution in [1.29, 1.82) is 0 Å². The first-order valence-corrected chi connectivity index (χ1v) is 6.78. The number of hydrogen-bond donors (Lipinski definition) is 2. The maximum Gasteiger partial charge on any atom is 0.126 e. The van der Waals surface area contributed by atoms with Gasteiger partial charge in [-0.15, -0.1) is 0 Å². The summed E-state index contributed by atoms with van der Waals surface area (Å²) in [5.41, 5.74) is 16.2. The number of anilines is 1. The number of fused-ring (bicyclic) bond motifs is 1. The van der Waals surface area contributed by atoms with Crippen molar-refractivity contribution in [3.05, 3.63) is 59.3 Å². The van der Waals surface area contributed by atoms with E-state index in [0.717, 1.165) is 24.8 Å². The fourth-order valence-electron chi connectivity index (χ4n) is 3.05. The molecule has 1 aromatic heterocycles. The Morgan fingerprint density at radius 1 is 1.21 bits per heavy atom. The molecule has 0 bridgehead atoms. The monoisotopic (exact) mass is 253 g/mol. The molecule has 0 saturated heterocycles. The molecule has 0 spiro atoms. The van der Waals surface area contributed by atoms with Crippen LogP contribution in [0, 0.1) is 0 Å². The average molecular weight is 253 g/mol. The number of hydrogen-bond acceptors (Lipinski definition) is 3. The number of benzene rings is 1. The van der Waals surface area contributed by atoms with Crippen molar-refractivity contribution in [2.45, 2.75) is 31.2 Å². The summed E-state index contributed by atoms with van der Waals surface area (Å²) in [6, 6.07) is 12.7. The summed E-state index contributed by atoms with van der Waals surface area (Å²) in [6.45, 7) is 0. The molecule has 3 heteroatoms. The average Bonchev–Trinajstić information content (AvgIpc) is 2.85. The molecular formula is C16H19N3. The first-order chi connectivity index (χ1) is 9.25. The molecule has 0 amide bonds. The summed E-state index contributed by atoms with van der Waals surface area (Å²) >= 11 is 0. The third-order valence-corrected chi connectivity index (χ3v) is 4.08. The molecule has 3 nitrogen and oxygen atoms in total. The molecule has 98 valence electrons. The lowest BCUT2D eigenvalue weighted by molar-refractivity contribution is 0.525. The minimum Gasteiger partial charge on any atom is -0.383 e. The van der Waals surface area contributed by atoms with Crippen LogP contribution in [0.2, 0.25) is 0 Å². The second-order valence-electron chi connectivity index (χ2n) is 5.26. The molecule has 1 aromatic carbocycles. The summed E-state index contributed by atoms with van der Waals surface area (Å²) in [4.78, 5) is 4.13. The molecule has 19 heavy (non-hydrogen) atoms. The van der Waals surface area contributed by atoms with Crippen LogP contribution in [0.25, 0.3) is 0 Å². The van der Waals surface area contributed by atoms with Gasteiger partial charge in [0.15, 0.2) is 0 Å². The van der Waals surface area contributed by atoms with E-state index in [1.165, 1.54) is 11.1 Å². The summed E-state index contributed by atoms with van der Waals surface area (Å²) in [5, 5.41) is 0. The Bertz CT molecular complexity index is 580. The molecule has 0 aliphatic heterocycles. The maximum atomic E-state index is 6.41. The van der Waals surface area contributed by atoms with Gasteiger partial charge < -0.3 is 11.5 Å². The highest BCUT2D eigenvalue weighted by Crippen LogP contribution is 2.35. The minimum atomic E-state index is 0.107. The number of nitrogen functional groups attached to an aromatic ring is 1. The van der Waals surface area contributed by atoms with Crippen molar-refractivity contribution < 1.29 is 0 Å². The third-order valence-electron chi connectivity index (χ3n) is 4.08. The zero-order valence-corrected chi connectivity index (χ0v) is 10.9. The van der Waals surface area contributed by atoms with Crippen LogP contribution >= 0.6 is 0 Å². The predicted molar refractivity (Wildman–Crippen MR) is 77.8 cm³/mol.